The third-order valence-electron chi connectivity index (χ3n) is 5.94. The van der Waals surface area contributed by atoms with Crippen LogP contribution in [0.3, 0.4) is 0 Å². The summed E-state index contributed by atoms with van der Waals surface area (Å²) in [5.74, 6) is 1.36. The Balaban J connectivity index is 1.52. The average Bonchev–Trinajstić information content (AvgIpc) is 3.56. The fraction of sp³-hybridized carbons (Fsp3) is 0.107. The quantitative estimate of drug-likeness (QED) is 0.278. The molecule has 38 heavy (non-hydrogen) atoms. The number of halogens is 3. The average molecular weight is 516 g/mol. The summed E-state index contributed by atoms with van der Waals surface area (Å²) in [6.07, 6.45) is -3.16. The van der Waals surface area contributed by atoms with Gasteiger partial charge in [0.1, 0.15) is 17.3 Å². The molecule has 3 aromatic carbocycles. The maximum Gasteiger partial charge on any atom is 0.417 e. The SMILES string of the molecule is COc1cccc(-c2nc3cc(C(=O)Nc4ccc(C#N)c(C(F)(F)F)c4)ccc3n2Cc2ccco2)c1. The highest BCUT2D eigenvalue weighted by atomic mass is 19.4. The Hall–Kier alpha value is -5.04. The normalized spacial score (nSPS) is 11.3. The first kappa shape index (κ1) is 24.6. The second-order valence-electron chi connectivity index (χ2n) is 8.36. The maximum absolute atomic E-state index is 13.3. The van der Waals surface area contributed by atoms with Crippen LogP contribution in [0.2, 0.25) is 0 Å². The molecule has 1 N–H and O–H groups in total. The standard InChI is InChI=1S/C28H19F3N4O3/c1-37-21-5-2-4-17(12-21)26-34-24-13-18(8-10-25(24)35(26)16-22-6-3-11-38-22)27(36)33-20-9-7-19(15-32)23(14-20)28(29,30)31/h2-14H,16H2,1H3,(H,33,36). The van der Waals surface area contributed by atoms with Crippen LogP contribution in [0, 0.1) is 11.3 Å². The Morgan fingerprint density at radius 3 is 2.66 bits per heavy atom. The number of aromatic nitrogens is 2. The third-order valence-corrected chi connectivity index (χ3v) is 5.94. The van der Waals surface area contributed by atoms with Crippen LogP contribution in [0.4, 0.5) is 18.9 Å². The molecular formula is C28H19F3N4O3. The molecule has 7 nitrogen and oxygen atoms in total. The highest BCUT2D eigenvalue weighted by Gasteiger charge is 2.34. The molecule has 0 spiro atoms. The van der Waals surface area contributed by atoms with Crippen molar-refractivity contribution in [2.24, 2.45) is 0 Å². The molecule has 2 aromatic heterocycles. The van der Waals surface area contributed by atoms with E-state index in [0.717, 1.165) is 23.2 Å². The topological polar surface area (TPSA) is 93.1 Å². The van der Waals surface area contributed by atoms with Gasteiger partial charge in [0.25, 0.3) is 5.91 Å². The molecule has 0 aliphatic heterocycles. The molecular weight excluding hydrogens is 497 g/mol. The lowest BCUT2D eigenvalue weighted by Gasteiger charge is -2.12. The minimum atomic E-state index is -4.73. The Morgan fingerprint density at radius 2 is 1.95 bits per heavy atom. The number of alkyl halides is 3. The van der Waals surface area contributed by atoms with E-state index in [9.17, 15) is 18.0 Å². The van der Waals surface area contributed by atoms with Crippen molar-refractivity contribution in [3.8, 4) is 23.2 Å². The third kappa shape index (κ3) is 4.82. The molecule has 0 saturated carbocycles. The lowest BCUT2D eigenvalue weighted by atomic mass is 10.1. The van der Waals surface area contributed by atoms with Crippen LogP contribution in [0.1, 0.15) is 27.2 Å². The zero-order chi connectivity index (χ0) is 26.9. The number of carbonyl (C=O) groups excluding carboxylic acids is 1. The fourth-order valence-corrected chi connectivity index (χ4v) is 4.13. The molecule has 0 fully saturated rings. The monoisotopic (exact) mass is 516 g/mol. The number of carbonyl (C=O) groups is 1. The summed E-state index contributed by atoms with van der Waals surface area (Å²) >= 11 is 0. The van der Waals surface area contributed by atoms with Crippen molar-refractivity contribution in [1.29, 1.82) is 5.26 Å². The number of rotatable bonds is 6. The molecule has 0 saturated heterocycles. The van der Waals surface area contributed by atoms with Crippen molar-refractivity contribution >= 4 is 22.6 Å². The van der Waals surface area contributed by atoms with E-state index < -0.39 is 23.2 Å². The zero-order valence-electron chi connectivity index (χ0n) is 19.9. The van der Waals surface area contributed by atoms with Crippen LogP contribution in [0.15, 0.2) is 83.5 Å². The van der Waals surface area contributed by atoms with Gasteiger partial charge in [-0.2, -0.15) is 18.4 Å². The summed E-state index contributed by atoms with van der Waals surface area (Å²) in [4.78, 5) is 17.7. The number of furan rings is 1. The number of nitriles is 1. The Morgan fingerprint density at radius 1 is 1.11 bits per heavy atom. The zero-order valence-corrected chi connectivity index (χ0v) is 19.9. The molecule has 0 bridgehead atoms. The van der Waals surface area contributed by atoms with Crippen LogP contribution in [-0.2, 0) is 12.7 Å². The molecule has 1 amide bonds. The number of imidazole rings is 1. The Labute approximate surface area is 214 Å². The van der Waals surface area contributed by atoms with Crippen LogP contribution >= 0.6 is 0 Å². The van der Waals surface area contributed by atoms with Gasteiger partial charge in [-0.3, -0.25) is 4.79 Å². The first-order valence-electron chi connectivity index (χ1n) is 11.4. The molecule has 0 radical (unpaired) electrons. The molecule has 0 unspecified atom stereocenters. The van der Waals surface area contributed by atoms with E-state index in [1.165, 1.54) is 12.1 Å². The number of amides is 1. The highest BCUT2D eigenvalue weighted by molar-refractivity contribution is 6.06. The molecule has 10 heteroatoms. The molecule has 0 aliphatic carbocycles. The largest absolute Gasteiger partial charge is 0.497 e. The smallest absolute Gasteiger partial charge is 0.417 e. The van der Waals surface area contributed by atoms with E-state index >= 15 is 0 Å². The minimum Gasteiger partial charge on any atom is -0.497 e. The summed E-state index contributed by atoms with van der Waals surface area (Å²) in [5.41, 5.74) is 0.510. The minimum absolute atomic E-state index is 0.0816. The van der Waals surface area contributed by atoms with Crippen molar-refractivity contribution in [1.82, 2.24) is 9.55 Å². The highest BCUT2D eigenvalue weighted by Crippen LogP contribution is 2.34. The summed E-state index contributed by atoms with van der Waals surface area (Å²) in [6, 6.07) is 20.4. The van der Waals surface area contributed by atoms with Crippen molar-refractivity contribution in [3.05, 3.63) is 102 Å². The van der Waals surface area contributed by atoms with Crippen molar-refractivity contribution in [3.63, 3.8) is 0 Å². The number of anilines is 1. The fourth-order valence-electron chi connectivity index (χ4n) is 4.13. The lowest BCUT2D eigenvalue weighted by Crippen LogP contribution is -2.14. The number of methoxy groups -OCH3 is 1. The van der Waals surface area contributed by atoms with Crippen LogP contribution in [0.5, 0.6) is 5.75 Å². The van der Waals surface area contributed by atoms with E-state index in [1.807, 2.05) is 34.9 Å². The number of ether oxygens (including phenoxy) is 1. The van der Waals surface area contributed by atoms with Crippen LogP contribution in [-0.4, -0.2) is 22.6 Å². The van der Waals surface area contributed by atoms with Gasteiger partial charge in [-0.15, -0.1) is 0 Å². The van der Waals surface area contributed by atoms with Crippen LogP contribution < -0.4 is 10.1 Å². The number of nitrogens with zero attached hydrogens (tertiary/aromatic N) is 3. The van der Waals surface area contributed by atoms with Gasteiger partial charge in [-0.1, -0.05) is 12.1 Å². The van der Waals surface area contributed by atoms with Crippen molar-refractivity contribution < 1.29 is 27.1 Å². The molecule has 190 valence electrons. The number of hydrogen-bond acceptors (Lipinski definition) is 5. The predicted octanol–water partition coefficient (Wildman–Crippen LogP) is 6.50. The van der Waals surface area contributed by atoms with Gasteiger partial charge in [-0.25, -0.2) is 4.98 Å². The van der Waals surface area contributed by atoms with Gasteiger partial charge < -0.3 is 19.0 Å². The molecule has 5 aromatic rings. The summed E-state index contributed by atoms with van der Waals surface area (Å²) in [7, 11) is 1.57. The second kappa shape index (κ2) is 9.78. The van der Waals surface area contributed by atoms with Crippen molar-refractivity contribution in [2.75, 3.05) is 12.4 Å². The second-order valence-corrected chi connectivity index (χ2v) is 8.36. The first-order valence-corrected chi connectivity index (χ1v) is 11.4. The maximum atomic E-state index is 13.3. The number of benzene rings is 3. The van der Waals surface area contributed by atoms with Gasteiger partial charge in [0.15, 0.2) is 0 Å². The van der Waals surface area contributed by atoms with Gasteiger partial charge in [0.05, 0.1) is 48.1 Å². The summed E-state index contributed by atoms with van der Waals surface area (Å²) in [5, 5.41) is 11.5. The van der Waals surface area contributed by atoms with Gasteiger partial charge in [0, 0.05) is 16.8 Å². The Bertz CT molecular complexity index is 1680. The predicted molar refractivity (Wildman–Crippen MR) is 134 cm³/mol. The molecule has 0 atom stereocenters. The summed E-state index contributed by atoms with van der Waals surface area (Å²) in [6.45, 7) is 0.382. The van der Waals surface area contributed by atoms with Gasteiger partial charge >= 0.3 is 6.18 Å². The number of fused-ring (bicyclic) bond motifs is 1. The van der Waals surface area contributed by atoms with Gasteiger partial charge in [-0.05, 0) is 60.7 Å². The molecule has 5 rings (SSSR count). The van der Waals surface area contributed by atoms with Crippen molar-refractivity contribution in [2.45, 2.75) is 12.7 Å². The van der Waals surface area contributed by atoms with E-state index in [0.29, 0.717) is 29.4 Å². The van der Waals surface area contributed by atoms with E-state index in [4.69, 9.17) is 19.4 Å². The Kier molecular flexibility index (Phi) is 6.34. The summed E-state index contributed by atoms with van der Waals surface area (Å²) < 4.78 is 52.8. The number of nitrogens with one attached hydrogen (secondary N) is 1. The molecule has 2 heterocycles. The van der Waals surface area contributed by atoms with E-state index in [-0.39, 0.29) is 11.3 Å². The van der Waals surface area contributed by atoms with E-state index in [1.54, 1.807) is 37.6 Å². The first-order chi connectivity index (χ1) is 18.3. The lowest BCUT2D eigenvalue weighted by molar-refractivity contribution is -0.137. The van der Waals surface area contributed by atoms with E-state index in [2.05, 4.69) is 5.32 Å². The molecule has 0 aliphatic rings. The van der Waals surface area contributed by atoms with Crippen LogP contribution in [0.25, 0.3) is 22.4 Å². The number of hydrogen-bond donors (Lipinski definition) is 1. The van der Waals surface area contributed by atoms with Gasteiger partial charge in [0.2, 0.25) is 0 Å².